The third-order valence-electron chi connectivity index (χ3n) is 3.75. The average molecular weight is 278 g/mol. The Morgan fingerprint density at radius 1 is 1.10 bits per heavy atom. The smallest absolute Gasteiger partial charge is 0.225 e. The van der Waals surface area contributed by atoms with Crippen LogP contribution in [0.25, 0.3) is 0 Å². The van der Waals surface area contributed by atoms with E-state index in [2.05, 4.69) is 47.9 Å². The molecule has 1 aromatic heterocycles. The second-order valence-corrected chi connectivity index (χ2v) is 5.29. The van der Waals surface area contributed by atoms with E-state index in [0.29, 0.717) is 0 Å². The summed E-state index contributed by atoms with van der Waals surface area (Å²) in [5, 5.41) is 3.37. The predicted octanol–water partition coefficient (Wildman–Crippen LogP) is 3.24. The Morgan fingerprint density at radius 2 is 1.75 bits per heavy atom. The zero-order chi connectivity index (χ0) is 14.8. The van der Waals surface area contributed by atoms with Crippen LogP contribution in [0.4, 0.5) is 5.95 Å². The Bertz CT molecular complexity index is 346. The SMILES string of the molecule is CCCNCc1cnc(N(CC)CC(CC)CC)nc1. The molecule has 0 bridgehead atoms. The summed E-state index contributed by atoms with van der Waals surface area (Å²) in [6.07, 6.45) is 7.47. The second-order valence-electron chi connectivity index (χ2n) is 5.29. The number of nitrogens with zero attached hydrogens (tertiary/aromatic N) is 3. The second kappa shape index (κ2) is 9.70. The van der Waals surface area contributed by atoms with Crippen LogP contribution in [0.1, 0.15) is 52.5 Å². The van der Waals surface area contributed by atoms with Crippen LogP contribution >= 0.6 is 0 Å². The zero-order valence-corrected chi connectivity index (χ0v) is 13.5. The lowest BCUT2D eigenvalue weighted by atomic mass is 10.0. The summed E-state index contributed by atoms with van der Waals surface area (Å²) >= 11 is 0. The molecule has 1 N–H and O–H groups in total. The number of rotatable bonds is 10. The number of aromatic nitrogens is 2. The van der Waals surface area contributed by atoms with Gasteiger partial charge in [0.25, 0.3) is 0 Å². The van der Waals surface area contributed by atoms with Crippen molar-refractivity contribution in [2.75, 3.05) is 24.5 Å². The van der Waals surface area contributed by atoms with Crippen LogP contribution in [0, 0.1) is 5.92 Å². The first kappa shape index (κ1) is 16.9. The molecule has 0 saturated heterocycles. The van der Waals surface area contributed by atoms with Crippen molar-refractivity contribution in [2.45, 2.75) is 53.5 Å². The topological polar surface area (TPSA) is 41.1 Å². The largest absolute Gasteiger partial charge is 0.341 e. The molecule has 1 rings (SSSR count). The van der Waals surface area contributed by atoms with Gasteiger partial charge in [0, 0.05) is 37.6 Å². The Labute approximate surface area is 124 Å². The lowest BCUT2D eigenvalue weighted by molar-refractivity contribution is 0.482. The van der Waals surface area contributed by atoms with Crippen molar-refractivity contribution in [2.24, 2.45) is 5.92 Å². The van der Waals surface area contributed by atoms with Crippen LogP contribution in [-0.4, -0.2) is 29.6 Å². The molecule has 0 unspecified atom stereocenters. The third kappa shape index (κ3) is 5.45. The quantitative estimate of drug-likeness (QED) is 0.667. The number of hydrogen-bond donors (Lipinski definition) is 1. The first-order valence-electron chi connectivity index (χ1n) is 8.01. The van der Waals surface area contributed by atoms with Gasteiger partial charge < -0.3 is 10.2 Å². The van der Waals surface area contributed by atoms with E-state index in [-0.39, 0.29) is 0 Å². The Morgan fingerprint density at radius 3 is 2.25 bits per heavy atom. The van der Waals surface area contributed by atoms with E-state index in [1.165, 1.54) is 12.8 Å². The fourth-order valence-electron chi connectivity index (χ4n) is 2.22. The lowest BCUT2D eigenvalue weighted by Crippen LogP contribution is -2.30. The minimum Gasteiger partial charge on any atom is -0.341 e. The van der Waals surface area contributed by atoms with E-state index in [0.717, 1.165) is 50.0 Å². The maximum absolute atomic E-state index is 4.53. The van der Waals surface area contributed by atoms with Crippen LogP contribution < -0.4 is 10.2 Å². The molecule has 0 spiro atoms. The maximum atomic E-state index is 4.53. The van der Waals surface area contributed by atoms with Crippen LogP contribution in [0.3, 0.4) is 0 Å². The first-order valence-corrected chi connectivity index (χ1v) is 8.01. The molecule has 4 nitrogen and oxygen atoms in total. The molecular weight excluding hydrogens is 248 g/mol. The number of hydrogen-bond acceptors (Lipinski definition) is 4. The molecule has 1 heterocycles. The summed E-state index contributed by atoms with van der Waals surface area (Å²) in [5.41, 5.74) is 1.15. The van der Waals surface area contributed by atoms with E-state index in [1.54, 1.807) is 0 Å². The highest BCUT2D eigenvalue weighted by Crippen LogP contribution is 2.14. The highest BCUT2D eigenvalue weighted by atomic mass is 15.2. The van der Waals surface area contributed by atoms with Crippen molar-refractivity contribution >= 4 is 5.95 Å². The van der Waals surface area contributed by atoms with Crippen molar-refractivity contribution in [1.29, 1.82) is 0 Å². The molecule has 114 valence electrons. The molecule has 4 heteroatoms. The zero-order valence-electron chi connectivity index (χ0n) is 13.5. The van der Waals surface area contributed by atoms with Gasteiger partial charge in [-0.25, -0.2) is 9.97 Å². The van der Waals surface area contributed by atoms with Gasteiger partial charge in [-0.05, 0) is 25.8 Å². The fourth-order valence-corrected chi connectivity index (χ4v) is 2.22. The minimum absolute atomic E-state index is 0.726. The van der Waals surface area contributed by atoms with Gasteiger partial charge in [0.05, 0.1) is 0 Å². The standard InChI is InChI=1S/C16H30N4/c1-5-9-17-10-15-11-18-16(19-12-15)20(8-4)13-14(6-2)7-3/h11-12,14,17H,5-10,13H2,1-4H3. The Balaban J connectivity index is 2.59. The van der Waals surface area contributed by atoms with Crippen LogP contribution in [0.5, 0.6) is 0 Å². The predicted molar refractivity (Wildman–Crippen MR) is 86.0 cm³/mol. The van der Waals surface area contributed by atoms with Crippen LogP contribution in [0.2, 0.25) is 0 Å². The lowest BCUT2D eigenvalue weighted by Gasteiger charge is -2.25. The van der Waals surface area contributed by atoms with E-state index in [4.69, 9.17) is 0 Å². The van der Waals surface area contributed by atoms with E-state index >= 15 is 0 Å². The van der Waals surface area contributed by atoms with E-state index in [9.17, 15) is 0 Å². The van der Waals surface area contributed by atoms with Gasteiger partial charge in [-0.15, -0.1) is 0 Å². The summed E-state index contributed by atoms with van der Waals surface area (Å²) < 4.78 is 0. The number of anilines is 1. The van der Waals surface area contributed by atoms with Crippen LogP contribution in [-0.2, 0) is 6.54 Å². The summed E-state index contributed by atoms with van der Waals surface area (Å²) in [7, 11) is 0. The molecule has 1 aromatic rings. The average Bonchev–Trinajstić information content (AvgIpc) is 2.50. The highest BCUT2D eigenvalue weighted by Gasteiger charge is 2.12. The van der Waals surface area contributed by atoms with Gasteiger partial charge in [-0.1, -0.05) is 33.6 Å². The molecule has 0 aliphatic rings. The monoisotopic (exact) mass is 278 g/mol. The summed E-state index contributed by atoms with van der Waals surface area (Å²) in [6, 6.07) is 0. The highest BCUT2D eigenvalue weighted by molar-refractivity contribution is 5.29. The molecule has 0 aromatic carbocycles. The van der Waals surface area contributed by atoms with Crippen LogP contribution in [0.15, 0.2) is 12.4 Å². The molecule has 0 radical (unpaired) electrons. The van der Waals surface area contributed by atoms with Crippen molar-refractivity contribution in [1.82, 2.24) is 15.3 Å². The van der Waals surface area contributed by atoms with Crippen molar-refractivity contribution < 1.29 is 0 Å². The normalized spacial score (nSPS) is 11.1. The molecule has 0 aliphatic carbocycles. The van der Waals surface area contributed by atoms with Crippen molar-refractivity contribution in [3.05, 3.63) is 18.0 Å². The molecule has 0 atom stereocenters. The molecule has 0 amide bonds. The summed E-state index contributed by atoms with van der Waals surface area (Å²) in [4.78, 5) is 11.3. The minimum atomic E-state index is 0.726. The third-order valence-corrected chi connectivity index (χ3v) is 3.75. The van der Waals surface area contributed by atoms with Gasteiger partial charge in [-0.2, -0.15) is 0 Å². The summed E-state index contributed by atoms with van der Waals surface area (Å²) in [6.45, 7) is 12.8. The molecule has 0 saturated carbocycles. The Hall–Kier alpha value is -1.16. The molecule has 0 fully saturated rings. The van der Waals surface area contributed by atoms with Gasteiger partial charge >= 0.3 is 0 Å². The fraction of sp³-hybridized carbons (Fsp3) is 0.750. The van der Waals surface area contributed by atoms with Gasteiger partial charge in [-0.3, -0.25) is 0 Å². The van der Waals surface area contributed by atoms with E-state index in [1.807, 2.05) is 12.4 Å². The van der Waals surface area contributed by atoms with E-state index < -0.39 is 0 Å². The van der Waals surface area contributed by atoms with Gasteiger partial charge in [0.15, 0.2) is 0 Å². The number of nitrogens with one attached hydrogen (secondary N) is 1. The van der Waals surface area contributed by atoms with Gasteiger partial charge in [0.1, 0.15) is 0 Å². The molecule has 20 heavy (non-hydrogen) atoms. The maximum Gasteiger partial charge on any atom is 0.225 e. The summed E-state index contributed by atoms with van der Waals surface area (Å²) in [5.74, 6) is 1.59. The Kier molecular flexibility index (Phi) is 8.19. The molecular formula is C16H30N4. The van der Waals surface area contributed by atoms with Gasteiger partial charge in [0.2, 0.25) is 5.95 Å². The van der Waals surface area contributed by atoms with Crippen molar-refractivity contribution in [3.8, 4) is 0 Å². The van der Waals surface area contributed by atoms with Crippen molar-refractivity contribution in [3.63, 3.8) is 0 Å². The first-order chi connectivity index (χ1) is 9.74. The molecule has 0 aliphatic heterocycles.